The molecule has 0 radical (unpaired) electrons. The predicted molar refractivity (Wildman–Crippen MR) is 78.1 cm³/mol. The van der Waals surface area contributed by atoms with Crippen molar-refractivity contribution >= 4 is 23.3 Å². The summed E-state index contributed by atoms with van der Waals surface area (Å²) in [5.41, 5.74) is 2.86. The van der Waals surface area contributed by atoms with Crippen LogP contribution >= 0.6 is 11.8 Å². The van der Waals surface area contributed by atoms with Gasteiger partial charge >= 0.3 is 5.97 Å². The largest absolute Gasteiger partial charge is 0.462 e. The highest BCUT2D eigenvalue weighted by Gasteiger charge is 2.11. The highest BCUT2D eigenvalue weighted by molar-refractivity contribution is 7.98. The Morgan fingerprint density at radius 1 is 1.39 bits per heavy atom. The summed E-state index contributed by atoms with van der Waals surface area (Å²) in [6.45, 7) is 8.45. The Labute approximate surface area is 113 Å². The van der Waals surface area contributed by atoms with Crippen LogP contribution in [0.1, 0.15) is 42.6 Å². The Kier molecular flexibility index (Phi) is 5.99. The molecular formula is C15H20O2S. The Hall–Kier alpha value is -1.22. The zero-order valence-corrected chi connectivity index (χ0v) is 12.1. The number of esters is 1. The smallest absolute Gasteiger partial charge is 0.338 e. The van der Waals surface area contributed by atoms with Crippen molar-refractivity contribution in [3.63, 3.8) is 0 Å². The summed E-state index contributed by atoms with van der Waals surface area (Å²) in [4.78, 5) is 12.7. The lowest BCUT2D eigenvalue weighted by atomic mass is 10.0. The van der Waals surface area contributed by atoms with Gasteiger partial charge in [0.15, 0.2) is 0 Å². The van der Waals surface area contributed by atoms with Crippen molar-refractivity contribution in [2.75, 3.05) is 12.9 Å². The zero-order valence-electron chi connectivity index (χ0n) is 11.3. The molecule has 0 unspecified atom stereocenters. The van der Waals surface area contributed by atoms with Crippen LogP contribution in [0, 0.1) is 0 Å². The van der Waals surface area contributed by atoms with E-state index in [1.165, 1.54) is 0 Å². The summed E-state index contributed by atoms with van der Waals surface area (Å²) in [6.07, 6.45) is 4.06. The third kappa shape index (κ3) is 3.64. The molecule has 0 aromatic heterocycles. The number of carbonyl (C=O) groups excluding carboxylic acids is 1. The van der Waals surface area contributed by atoms with Gasteiger partial charge in [0.05, 0.1) is 12.2 Å². The van der Waals surface area contributed by atoms with E-state index in [-0.39, 0.29) is 5.97 Å². The fourth-order valence-corrected chi connectivity index (χ4v) is 2.44. The Morgan fingerprint density at radius 2 is 2.11 bits per heavy atom. The molecule has 1 aromatic carbocycles. The molecule has 0 saturated heterocycles. The van der Waals surface area contributed by atoms with E-state index in [9.17, 15) is 4.79 Å². The molecule has 1 rings (SSSR count). The maximum Gasteiger partial charge on any atom is 0.338 e. The van der Waals surface area contributed by atoms with E-state index in [4.69, 9.17) is 4.74 Å². The molecule has 2 nitrogen and oxygen atoms in total. The fraction of sp³-hybridized carbons (Fsp3) is 0.400. The van der Waals surface area contributed by atoms with Gasteiger partial charge in [0, 0.05) is 4.90 Å². The summed E-state index contributed by atoms with van der Waals surface area (Å²) in [6, 6.07) is 5.67. The number of thioether (sulfide) groups is 1. The van der Waals surface area contributed by atoms with Crippen molar-refractivity contribution in [1.29, 1.82) is 0 Å². The molecule has 0 amide bonds. The van der Waals surface area contributed by atoms with Crippen molar-refractivity contribution < 1.29 is 9.53 Å². The molecule has 0 saturated carbocycles. The Bertz CT molecular complexity index is 438. The monoisotopic (exact) mass is 264 g/mol. The van der Waals surface area contributed by atoms with Gasteiger partial charge in [0.2, 0.25) is 0 Å². The van der Waals surface area contributed by atoms with Gasteiger partial charge in [-0.3, -0.25) is 0 Å². The average molecular weight is 264 g/mol. The van der Waals surface area contributed by atoms with Crippen molar-refractivity contribution in [2.45, 2.75) is 31.6 Å². The van der Waals surface area contributed by atoms with Crippen LogP contribution in [-0.4, -0.2) is 18.8 Å². The van der Waals surface area contributed by atoms with Crippen molar-refractivity contribution in [3.05, 3.63) is 35.9 Å². The molecular weight excluding hydrogens is 244 g/mol. The number of rotatable bonds is 6. The zero-order chi connectivity index (χ0) is 13.5. The summed E-state index contributed by atoms with van der Waals surface area (Å²) >= 11 is 1.63. The molecule has 0 fully saturated rings. The Morgan fingerprint density at radius 3 is 2.67 bits per heavy atom. The van der Waals surface area contributed by atoms with Crippen LogP contribution in [0.5, 0.6) is 0 Å². The maximum atomic E-state index is 11.7. The second kappa shape index (κ2) is 7.27. The predicted octanol–water partition coefficient (Wildman–Crippen LogP) is 4.40. The topological polar surface area (TPSA) is 26.3 Å². The van der Waals surface area contributed by atoms with E-state index in [1.807, 2.05) is 31.4 Å². The van der Waals surface area contributed by atoms with E-state index < -0.39 is 0 Å². The normalized spacial score (nSPS) is 10.2. The molecule has 0 heterocycles. The van der Waals surface area contributed by atoms with Gasteiger partial charge in [-0.05, 0) is 42.9 Å². The third-order valence-corrected chi connectivity index (χ3v) is 3.42. The van der Waals surface area contributed by atoms with Gasteiger partial charge in [-0.2, -0.15) is 0 Å². The molecule has 0 spiro atoms. The number of ether oxygens (including phenoxy) is 1. The lowest BCUT2D eigenvalue weighted by Crippen LogP contribution is -2.05. The molecule has 0 aliphatic heterocycles. The molecule has 3 heteroatoms. The van der Waals surface area contributed by atoms with E-state index in [2.05, 4.69) is 13.5 Å². The van der Waals surface area contributed by atoms with Crippen LogP contribution in [0.3, 0.4) is 0 Å². The summed E-state index contributed by atoms with van der Waals surface area (Å²) in [5, 5.41) is 0. The second-order valence-electron chi connectivity index (χ2n) is 3.99. The van der Waals surface area contributed by atoms with Crippen LogP contribution in [0.25, 0.3) is 5.57 Å². The van der Waals surface area contributed by atoms with Gasteiger partial charge in [-0.15, -0.1) is 11.8 Å². The van der Waals surface area contributed by atoms with Gasteiger partial charge in [-0.25, -0.2) is 4.79 Å². The minimum absolute atomic E-state index is 0.263. The van der Waals surface area contributed by atoms with Crippen molar-refractivity contribution in [1.82, 2.24) is 0 Å². The SMILES string of the molecule is C=C(CCC)c1ccc(C(=O)OCC)cc1SC. The number of carbonyl (C=O) groups is 1. The number of hydrogen-bond donors (Lipinski definition) is 0. The van der Waals surface area contributed by atoms with Crippen LogP contribution < -0.4 is 0 Å². The quantitative estimate of drug-likeness (QED) is 0.563. The van der Waals surface area contributed by atoms with E-state index in [1.54, 1.807) is 11.8 Å². The van der Waals surface area contributed by atoms with Gasteiger partial charge in [0.25, 0.3) is 0 Å². The lowest BCUT2D eigenvalue weighted by Gasteiger charge is -2.11. The Balaban J connectivity index is 3.03. The molecule has 0 bridgehead atoms. The van der Waals surface area contributed by atoms with Crippen LogP contribution in [0.2, 0.25) is 0 Å². The first-order valence-electron chi connectivity index (χ1n) is 6.17. The first-order chi connectivity index (χ1) is 8.63. The highest BCUT2D eigenvalue weighted by atomic mass is 32.2. The molecule has 0 atom stereocenters. The maximum absolute atomic E-state index is 11.7. The number of benzene rings is 1. The van der Waals surface area contributed by atoms with E-state index in [0.717, 1.165) is 28.9 Å². The van der Waals surface area contributed by atoms with E-state index >= 15 is 0 Å². The lowest BCUT2D eigenvalue weighted by molar-refractivity contribution is 0.0526. The minimum Gasteiger partial charge on any atom is -0.462 e. The first kappa shape index (κ1) is 14.8. The summed E-state index contributed by atoms with van der Waals surface area (Å²) in [7, 11) is 0. The number of allylic oxidation sites excluding steroid dienone is 1. The summed E-state index contributed by atoms with van der Waals surface area (Å²) in [5.74, 6) is -0.263. The second-order valence-corrected chi connectivity index (χ2v) is 4.84. The number of hydrogen-bond acceptors (Lipinski definition) is 3. The van der Waals surface area contributed by atoms with Gasteiger partial charge < -0.3 is 4.74 Å². The van der Waals surface area contributed by atoms with E-state index in [0.29, 0.717) is 12.2 Å². The molecule has 0 aliphatic rings. The van der Waals surface area contributed by atoms with Crippen LogP contribution in [-0.2, 0) is 4.74 Å². The average Bonchev–Trinajstić information content (AvgIpc) is 2.38. The standard InChI is InChI=1S/C15H20O2S/c1-5-7-11(3)13-9-8-12(10-14(13)18-4)15(16)17-6-2/h8-10H,3,5-7H2,1-2,4H3. The third-order valence-electron chi connectivity index (χ3n) is 2.65. The summed E-state index contributed by atoms with van der Waals surface area (Å²) < 4.78 is 5.00. The minimum atomic E-state index is -0.263. The van der Waals surface area contributed by atoms with Gasteiger partial charge in [0.1, 0.15) is 0 Å². The van der Waals surface area contributed by atoms with Gasteiger partial charge in [-0.1, -0.05) is 26.0 Å². The van der Waals surface area contributed by atoms with Crippen molar-refractivity contribution in [3.8, 4) is 0 Å². The highest BCUT2D eigenvalue weighted by Crippen LogP contribution is 2.29. The molecule has 98 valence electrons. The van der Waals surface area contributed by atoms with Crippen LogP contribution in [0.4, 0.5) is 0 Å². The molecule has 18 heavy (non-hydrogen) atoms. The molecule has 0 N–H and O–H groups in total. The molecule has 1 aromatic rings. The first-order valence-corrected chi connectivity index (χ1v) is 7.39. The molecule has 0 aliphatic carbocycles. The van der Waals surface area contributed by atoms with Crippen molar-refractivity contribution in [2.24, 2.45) is 0 Å². The fourth-order valence-electron chi connectivity index (χ4n) is 1.76. The van der Waals surface area contributed by atoms with Crippen LogP contribution in [0.15, 0.2) is 29.7 Å².